The molecule has 0 aliphatic carbocycles. The molecule has 0 aliphatic rings. The molecular weight excluding hydrogens is 234 g/mol. The van der Waals surface area contributed by atoms with Gasteiger partial charge < -0.3 is 5.73 Å². The molecular formula is C13H11ClN3+. The highest BCUT2D eigenvalue weighted by molar-refractivity contribution is 6.32. The lowest BCUT2D eigenvalue weighted by molar-refractivity contribution is 1.33. The van der Waals surface area contributed by atoms with Crippen molar-refractivity contribution in [3.63, 3.8) is 0 Å². The summed E-state index contributed by atoms with van der Waals surface area (Å²) in [6.07, 6.45) is 3.27. The molecule has 0 fully saturated rings. The number of nitrogens with zero attached hydrogens (tertiary/aromatic N) is 2. The number of anilines is 1. The van der Waals surface area contributed by atoms with Crippen LogP contribution in [0.25, 0.3) is 11.1 Å². The maximum atomic E-state index is 6.04. The molecule has 0 aliphatic heterocycles. The molecule has 0 atom stereocenters. The first-order valence-corrected chi connectivity index (χ1v) is 5.39. The molecule has 4 heteroatoms. The molecule has 3 nitrogen and oxygen atoms in total. The minimum absolute atomic E-state index is 0.467. The predicted molar refractivity (Wildman–Crippen MR) is 73.5 cm³/mol. The van der Waals surface area contributed by atoms with E-state index in [1.807, 2.05) is 30.3 Å². The number of hydrogen-bond acceptors (Lipinski definition) is 2. The Labute approximate surface area is 104 Å². The van der Waals surface area contributed by atoms with Gasteiger partial charge in [-0.2, -0.15) is 0 Å². The Morgan fingerprint density at radius 2 is 2.18 bits per heavy atom. The maximum Gasteiger partial charge on any atom is 0.300 e. The first-order chi connectivity index (χ1) is 8.22. The Morgan fingerprint density at radius 1 is 1.35 bits per heavy atom. The zero-order valence-electron chi connectivity index (χ0n) is 9.10. The molecule has 1 aromatic heterocycles. The molecule has 0 bridgehead atoms. The van der Waals surface area contributed by atoms with Gasteiger partial charge in [0.15, 0.2) is 0 Å². The minimum Gasteiger partial charge on any atom is -0.398 e. The number of rotatable bonds is 2. The van der Waals surface area contributed by atoms with Gasteiger partial charge in [0.05, 0.1) is 5.56 Å². The van der Waals surface area contributed by atoms with E-state index in [-0.39, 0.29) is 0 Å². The van der Waals surface area contributed by atoms with E-state index >= 15 is 0 Å². The molecule has 1 aromatic carbocycles. The summed E-state index contributed by atoms with van der Waals surface area (Å²) in [6, 6.07) is 9.37. The zero-order valence-corrected chi connectivity index (χ0v) is 9.85. The fourth-order valence-electron chi connectivity index (χ4n) is 1.55. The number of halogens is 1. The number of pyridine rings is 1. The number of nitrogens with two attached hydrogens (primary N) is 1. The Morgan fingerprint density at radius 3 is 2.88 bits per heavy atom. The topological polar surface area (TPSA) is 53.0 Å². The second-order valence-corrected chi connectivity index (χ2v) is 3.86. The average molecular weight is 245 g/mol. The van der Waals surface area contributed by atoms with Crippen molar-refractivity contribution in [1.82, 2.24) is 9.65 Å². The van der Waals surface area contributed by atoms with Crippen molar-refractivity contribution in [3.8, 4) is 11.1 Å². The smallest absolute Gasteiger partial charge is 0.300 e. The van der Waals surface area contributed by atoms with Gasteiger partial charge in [-0.3, -0.25) is 0 Å². The van der Waals surface area contributed by atoms with Crippen LogP contribution in [-0.4, -0.2) is 17.9 Å². The SMILES string of the molecule is C=[N+]=Cc1cc(-c2cccnc2Cl)ccc1N. The monoisotopic (exact) mass is 244 g/mol. The minimum atomic E-state index is 0.467. The summed E-state index contributed by atoms with van der Waals surface area (Å²) in [5.41, 5.74) is 9.11. The van der Waals surface area contributed by atoms with Crippen LogP contribution in [0.3, 0.4) is 0 Å². The van der Waals surface area contributed by atoms with Gasteiger partial charge in [-0.1, -0.05) is 17.7 Å². The number of benzene rings is 1. The van der Waals surface area contributed by atoms with Gasteiger partial charge in [0.1, 0.15) is 5.15 Å². The largest absolute Gasteiger partial charge is 0.398 e. The van der Waals surface area contributed by atoms with E-state index in [0.29, 0.717) is 10.8 Å². The molecule has 1 heterocycles. The average Bonchev–Trinajstić information content (AvgIpc) is 2.33. The van der Waals surface area contributed by atoms with Crippen LogP contribution in [0.15, 0.2) is 36.5 Å². The molecule has 17 heavy (non-hydrogen) atoms. The fraction of sp³-hybridized carbons (Fsp3) is 0. The zero-order chi connectivity index (χ0) is 12.3. The summed E-state index contributed by atoms with van der Waals surface area (Å²) in [6.45, 7) is 3.42. The van der Waals surface area contributed by atoms with Crippen molar-refractivity contribution >= 4 is 30.2 Å². The lowest BCUT2D eigenvalue weighted by atomic mass is 10.0. The van der Waals surface area contributed by atoms with E-state index in [1.165, 1.54) is 0 Å². The van der Waals surface area contributed by atoms with Crippen molar-refractivity contribution in [1.29, 1.82) is 0 Å². The highest BCUT2D eigenvalue weighted by Crippen LogP contribution is 2.27. The van der Waals surface area contributed by atoms with E-state index in [2.05, 4.69) is 16.4 Å². The third-order valence-corrected chi connectivity index (χ3v) is 2.69. The van der Waals surface area contributed by atoms with Gasteiger partial charge in [-0.15, -0.1) is 4.67 Å². The lowest BCUT2D eigenvalue weighted by Gasteiger charge is -2.04. The van der Waals surface area contributed by atoms with Crippen molar-refractivity contribution in [3.05, 3.63) is 47.2 Å². The molecule has 0 saturated heterocycles. The molecule has 2 N–H and O–H groups in total. The van der Waals surface area contributed by atoms with Crippen molar-refractivity contribution in [2.45, 2.75) is 0 Å². The molecule has 0 spiro atoms. The van der Waals surface area contributed by atoms with Crippen molar-refractivity contribution < 1.29 is 0 Å². The van der Waals surface area contributed by atoms with Gasteiger partial charge in [0.25, 0.3) is 6.72 Å². The van der Waals surface area contributed by atoms with Crippen LogP contribution in [0.4, 0.5) is 5.69 Å². The highest BCUT2D eigenvalue weighted by atomic mass is 35.5. The molecule has 84 valence electrons. The van der Waals surface area contributed by atoms with E-state index in [4.69, 9.17) is 17.3 Å². The summed E-state index contributed by atoms with van der Waals surface area (Å²) >= 11 is 6.04. The second-order valence-electron chi connectivity index (χ2n) is 3.50. The lowest BCUT2D eigenvalue weighted by Crippen LogP contribution is -1.95. The van der Waals surface area contributed by atoms with E-state index in [1.54, 1.807) is 12.4 Å². The van der Waals surface area contributed by atoms with Crippen LogP contribution in [0.5, 0.6) is 0 Å². The summed E-state index contributed by atoms with van der Waals surface area (Å²) in [5.74, 6) is 0. The van der Waals surface area contributed by atoms with Crippen LogP contribution in [0, 0.1) is 0 Å². The first kappa shape index (κ1) is 11.4. The molecule has 0 amide bonds. The van der Waals surface area contributed by atoms with Crippen LogP contribution in [0.2, 0.25) is 5.15 Å². The Balaban J connectivity index is 2.58. The summed E-state index contributed by atoms with van der Waals surface area (Å²) in [5, 5.41) is 0.467. The highest BCUT2D eigenvalue weighted by Gasteiger charge is 2.07. The Bertz CT molecular complexity index is 601. The summed E-state index contributed by atoms with van der Waals surface area (Å²) < 4.78 is 3.72. The van der Waals surface area contributed by atoms with E-state index < -0.39 is 0 Å². The van der Waals surface area contributed by atoms with Gasteiger partial charge >= 0.3 is 6.21 Å². The molecule has 2 rings (SSSR count). The van der Waals surface area contributed by atoms with Gasteiger partial charge in [-0.25, -0.2) is 4.98 Å². The molecule has 0 unspecified atom stereocenters. The number of hydrogen-bond donors (Lipinski definition) is 1. The normalized spacial score (nSPS) is 9.71. The first-order valence-electron chi connectivity index (χ1n) is 5.02. The van der Waals surface area contributed by atoms with Crippen LogP contribution in [0.1, 0.15) is 5.56 Å². The maximum absolute atomic E-state index is 6.04. The van der Waals surface area contributed by atoms with Crippen LogP contribution in [-0.2, 0) is 0 Å². The van der Waals surface area contributed by atoms with Gasteiger partial charge in [0.2, 0.25) is 0 Å². The molecule has 0 saturated carbocycles. The van der Waals surface area contributed by atoms with Crippen LogP contribution < -0.4 is 10.4 Å². The third-order valence-electron chi connectivity index (χ3n) is 2.39. The standard InChI is InChI=1S/C13H10ClN3/c1-16-8-10-7-9(4-5-12(10)15)11-3-2-6-17-13(11)14/h2-8,15H,1H2/p+1. The quantitative estimate of drug-likeness (QED) is 0.381. The van der Waals surface area contributed by atoms with Gasteiger partial charge in [-0.05, 0) is 29.8 Å². The predicted octanol–water partition coefficient (Wildman–Crippen LogP) is 2.17. The van der Waals surface area contributed by atoms with E-state index in [9.17, 15) is 0 Å². The Kier molecular flexibility index (Phi) is 3.24. The fourth-order valence-corrected chi connectivity index (χ4v) is 1.78. The molecule has 2 aromatic rings. The van der Waals surface area contributed by atoms with Gasteiger partial charge in [0, 0.05) is 17.4 Å². The van der Waals surface area contributed by atoms with Crippen LogP contribution >= 0.6 is 11.6 Å². The summed E-state index contributed by atoms with van der Waals surface area (Å²) in [4.78, 5) is 4.04. The van der Waals surface area contributed by atoms with E-state index in [0.717, 1.165) is 16.7 Å². The Hall–Kier alpha value is -2.09. The second kappa shape index (κ2) is 4.83. The van der Waals surface area contributed by atoms with Crippen molar-refractivity contribution in [2.24, 2.45) is 0 Å². The molecule has 0 radical (unpaired) electrons. The number of nitrogen functional groups attached to an aromatic ring is 1. The van der Waals surface area contributed by atoms with Crippen molar-refractivity contribution in [2.75, 3.05) is 5.73 Å². The summed E-state index contributed by atoms with van der Waals surface area (Å²) in [7, 11) is 0. The third kappa shape index (κ3) is 2.36. The number of aromatic nitrogens is 1.